The molecule has 3 aromatic rings. The quantitative estimate of drug-likeness (QED) is 0.0316. The number of aliphatic hydroxyl groups is 4. The Labute approximate surface area is 544 Å². The van der Waals surface area contributed by atoms with E-state index in [2.05, 4.69) is 15.6 Å². The van der Waals surface area contributed by atoms with Gasteiger partial charge in [0.15, 0.2) is 0 Å². The molecule has 6 rings (SSSR count). The van der Waals surface area contributed by atoms with Gasteiger partial charge in [0.1, 0.15) is 53.2 Å². The molecule has 0 aliphatic carbocycles. The van der Waals surface area contributed by atoms with E-state index < -0.39 is 127 Å². The zero-order chi connectivity index (χ0) is 68.5. The molecule has 1 unspecified atom stereocenters. The lowest BCUT2D eigenvalue weighted by Gasteiger charge is -2.41. The third-order valence-corrected chi connectivity index (χ3v) is 18.4. The van der Waals surface area contributed by atoms with Crippen molar-refractivity contribution in [3.05, 3.63) is 52.7 Å². The fourth-order valence-corrected chi connectivity index (χ4v) is 12.9. The van der Waals surface area contributed by atoms with E-state index in [9.17, 15) is 63.9 Å². The topological polar surface area (TPSA) is 393 Å². The SMILES string of the molecule is CC[C@H](C)[C@@H]([C@@H](CC(=O)N1CCC[C@H]1[C@H](OC)[C@@H](C)C(N)=O)OC)N(C)C(=O)[C@@H](NC(=O)[C@H](C(C)C)N(C)C(=O)OC(Cc1cn(CCOCCOCCOCCN2C(=O)C=CC2=O)nn1)c1ccc(O[C@@H]2O[C@H](CO)[C@H](O)[C@H](O)[C@H]2O)c2cc(C(=O)O)sc12)C(C)C. The number of likely N-dealkylation sites (N-methyl/N-ethyl adjacent to an activating group) is 2. The largest absolute Gasteiger partial charge is 0.477 e. The van der Waals surface area contributed by atoms with E-state index >= 15 is 0 Å². The first-order valence-corrected chi connectivity index (χ1v) is 32.1. The van der Waals surface area contributed by atoms with E-state index in [1.54, 1.807) is 52.8 Å². The van der Waals surface area contributed by atoms with E-state index in [4.69, 9.17) is 43.6 Å². The number of primary amides is 1. The van der Waals surface area contributed by atoms with E-state index in [-0.39, 0.29) is 115 Å². The summed E-state index contributed by atoms with van der Waals surface area (Å²) >= 11 is 0.810. The number of nitrogens with two attached hydrogens (primary N) is 1. The summed E-state index contributed by atoms with van der Waals surface area (Å²) in [7, 11) is 5.92. The Balaban J connectivity index is 1.20. The number of likely N-dealkylation sites (tertiary alicyclic amines) is 1. The Hall–Kier alpha value is -6.78. The minimum absolute atomic E-state index is 0.0422. The first-order valence-electron chi connectivity index (χ1n) is 31.3. The smallest absolute Gasteiger partial charge is 0.410 e. The fraction of sp³-hybridized carbons (Fsp3) is 0.677. The van der Waals surface area contributed by atoms with Crippen molar-refractivity contribution in [1.82, 2.24) is 39.9 Å². The molecule has 14 atom stereocenters. The van der Waals surface area contributed by atoms with Crippen molar-refractivity contribution < 1.29 is 102 Å². The van der Waals surface area contributed by atoms with Gasteiger partial charge >= 0.3 is 12.1 Å². The van der Waals surface area contributed by atoms with Crippen LogP contribution in [0.1, 0.15) is 101 Å². The van der Waals surface area contributed by atoms with Gasteiger partial charge in [0.25, 0.3) is 11.8 Å². The number of nitrogens with zero attached hydrogens (tertiary/aromatic N) is 7. The van der Waals surface area contributed by atoms with Crippen molar-refractivity contribution in [3.8, 4) is 5.75 Å². The first kappa shape index (κ1) is 75.3. The second kappa shape index (κ2) is 35.1. The first-order chi connectivity index (χ1) is 44.2. The molecule has 3 aliphatic rings. The minimum Gasteiger partial charge on any atom is -0.477 e. The summed E-state index contributed by atoms with van der Waals surface area (Å²) in [4.78, 5) is 112. The fourth-order valence-electron chi connectivity index (χ4n) is 11.9. The van der Waals surface area contributed by atoms with Crippen LogP contribution in [0.3, 0.4) is 0 Å². The summed E-state index contributed by atoms with van der Waals surface area (Å²) in [6.45, 7) is 13.8. The molecule has 2 fully saturated rings. The predicted octanol–water partition coefficient (Wildman–Crippen LogP) is 1.27. The molecule has 518 valence electrons. The number of aromatic carboxylic acids is 1. The van der Waals surface area contributed by atoms with E-state index in [0.717, 1.165) is 21.1 Å². The van der Waals surface area contributed by atoms with Gasteiger partial charge in [0, 0.05) is 75.3 Å². The molecule has 3 aliphatic heterocycles. The maximum absolute atomic E-state index is 14.9. The maximum atomic E-state index is 14.9. The van der Waals surface area contributed by atoms with Crippen molar-refractivity contribution in [2.24, 2.45) is 29.4 Å². The molecule has 0 saturated carbocycles. The molecule has 0 bridgehead atoms. The lowest BCUT2D eigenvalue weighted by atomic mass is 9.89. The van der Waals surface area contributed by atoms with E-state index in [1.165, 1.54) is 61.2 Å². The van der Waals surface area contributed by atoms with Gasteiger partial charge in [-0.05, 0) is 42.7 Å². The second-order valence-corrected chi connectivity index (χ2v) is 25.2. The number of ether oxygens (including phenoxy) is 8. The number of carbonyl (C=O) groups is 8. The number of carboxylic acid groups (broad SMARTS) is 1. The number of hydrogen-bond acceptors (Lipinski definition) is 23. The van der Waals surface area contributed by atoms with Crippen LogP contribution in [0.15, 0.2) is 36.5 Å². The van der Waals surface area contributed by atoms with E-state index in [0.29, 0.717) is 31.5 Å². The van der Waals surface area contributed by atoms with Crippen molar-refractivity contribution in [2.75, 3.05) is 87.7 Å². The number of rotatable bonds is 37. The maximum Gasteiger partial charge on any atom is 0.410 e. The molecule has 31 heteroatoms. The Bertz CT molecular complexity index is 3030. The van der Waals surface area contributed by atoms with Crippen LogP contribution in [0.5, 0.6) is 5.75 Å². The average molecular weight is 1330 g/mol. The molecule has 7 amide bonds. The van der Waals surface area contributed by atoms with Gasteiger partial charge in [-0.15, -0.1) is 16.4 Å². The number of carboxylic acids is 1. The number of imide groups is 1. The average Bonchev–Trinajstić information content (AvgIpc) is 1.70. The molecule has 8 N–H and O–H groups in total. The molecule has 93 heavy (non-hydrogen) atoms. The number of hydrogen-bond donors (Lipinski definition) is 7. The van der Waals surface area contributed by atoms with Gasteiger partial charge in [0.05, 0.1) is 102 Å². The number of thiophene rings is 1. The number of aliphatic hydroxyl groups excluding tert-OH is 4. The van der Waals surface area contributed by atoms with Gasteiger partial charge in [-0.1, -0.05) is 66.2 Å². The van der Waals surface area contributed by atoms with Crippen LogP contribution in [0.25, 0.3) is 10.1 Å². The van der Waals surface area contributed by atoms with Crippen LogP contribution in [0.2, 0.25) is 0 Å². The van der Waals surface area contributed by atoms with Gasteiger partial charge in [0.2, 0.25) is 29.9 Å². The van der Waals surface area contributed by atoms with Crippen LogP contribution in [-0.2, 0) is 74.9 Å². The molecule has 2 aromatic heterocycles. The molecule has 2 saturated heterocycles. The number of carbonyl (C=O) groups excluding carboxylic acids is 7. The van der Waals surface area contributed by atoms with Crippen molar-refractivity contribution in [3.63, 3.8) is 0 Å². The normalized spacial score (nSPS) is 21.8. The number of aromatic nitrogens is 3. The molecule has 0 spiro atoms. The summed E-state index contributed by atoms with van der Waals surface area (Å²) < 4.78 is 48.3. The molecule has 1 aromatic carbocycles. The Morgan fingerprint density at radius 2 is 1.51 bits per heavy atom. The lowest BCUT2D eigenvalue weighted by molar-refractivity contribution is -0.277. The number of fused-ring (bicyclic) bond motifs is 1. The van der Waals surface area contributed by atoms with Crippen molar-refractivity contribution in [2.45, 2.75) is 160 Å². The van der Waals surface area contributed by atoms with Gasteiger partial charge in [-0.2, -0.15) is 0 Å². The summed E-state index contributed by atoms with van der Waals surface area (Å²) in [6.07, 6.45) is -6.40. The number of nitrogens with one attached hydrogen (secondary N) is 1. The molecule has 5 heterocycles. The molecule has 30 nitrogen and oxygen atoms in total. The summed E-state index contributed by atoms with van der Waals surface area (Å²) in [5, 5.41) is 63.7. The third-order valence-electron chi connectivity index (χ3n) is 17.2. The van der Waals surface area contributed by atoms with Gasteiger partial charge in [-0.3, -0.25) is 38.6 Å². The monoisotopic (exact) mass is 1330 g/mol. The summed E-state index contributed by atoms with van der Waals surface area (Å²) in [6, 6.07) is 0.723. The molecule has 0 radical (unpaired) electrons. The second-order valence-electron chi connectivity index (χ2n) is 24.2. The van der Waals surface area contributed by atoms with Crippen molar-refractivity contribution in [1.29, 1.82) is 0 Å². The van der Waals surface area contributed by atoms with Crippen molar-refractivity contribution >= 4 is 68.9 Å². The molecular weight excluding hydrogens is 1240 g/mol. The lowest BCUT2D eigenvalue weighted by Crippen LogP contribution is -2.60. The highest BCUT2D eigenvalue weighted by molar-refractivity contribution is 7.21. The van der Waals surface area contributed by atoms with Crippen LogP contribution in [-0.4, -0.2) is 262 Å². The zero-order valence-electron chi connectivity index (χ0n) is 54.7. The van der Waals surface area contributed by atoms with E-state index in [1.807, 2.05) is 13.8 Å². The number of benzene rings is 1. The highest BCUT2D eigenvalue weighted by atomic mass is 32.1. The minimum atomic E-state index is -1.82. The number of methoxy groups -OCH3 is 2. The van der Waals surface area contributed by atoms with Crippen LogP contribution < -0.4 is 15.8 Å². The van der Waals surface area contributed by atoms with Crippen LogP contribution in [0, 0.1) is 23.7 Å². The van der Waals surface area contributed by atoms with Gasteiger partial charge < -0.3 is 84.3 Å². The zero-order valence-corrected chi connectivity index (χ0v) is 55.5. The summed E-state index contributed by atoms with van der Waals surface area (Å²) in [5.74, 6) is -6.06. The van der Waals surface area contributed by atoms with Crippen LogP contribution in [0.4, 0.5) is 4.79 Å². The third kappa shape index (κ3) is 19.0. The number of amides is 7. The van der Waals surface area contributed by atoms with Gasteiger partial charge in [-0.25, -0.2) is 14.3 Å². The highest BCUT2D eigenvalue weighted by Gasteiger charge is 2.46. The Morgan fingerprint density at radius 3 is 2.09 bits per heavy atom. The molecular formula is C62H93N9O21S. The Kier molecular flexibility index (Phi) is 28.4. The van der Waals surface area contributed by atoms with Crippen LogP contribution >= 0.6 is 11.3 Å². The summed E-state index contributed by atoms with van der Waals surface area (Å²) in [5.41, 5.74) is 6.23. The highest BCUT2D eigenvalue weighted by Crippen LogP contribution is 2.41. The Morgan fingerprint density at radius 1 is 0.860 bits per heavy atom. The predicted molar refractivity (Wildman–Crippen MR) is 333 cm³/mol. The standard InChI is InChI=1S/C62H93N9O21S/c1-12-35(6)51(43(85-10)30-48(75)70-19-13-14-40(70)55(86-11)36(7)57(63)79)67(8)59(81)49(33(2)3)64-58(80)50(34(4)5)68(9)62(84)92-42(28-37-31-69(66-65-37)20-22-87-24-26-89-27-25-88-23-21-71-46(73)17-18-47(71)74)38-15-16-41(39-29-45(60(82)83)93-56(38)39)90-61-54(78)53(77)52(76)44(32-72)91-61/h15-18,29,31,33-36,40,42-44,49-55,61,72,76-78H,12-14,19-28,30,32H2,1-11H3,(H2,63,79)(H,64,80)(H,82,83)/t35-,36+,40-,42?,43+,44+,49-,50-,51-,52-,53-,54+,55+,61+/m0/s1.